The molecule has 9 heteroatoms. The summed E-state index contributed by atoms with van der Waals surface area (Å²) in [5.41, 5.74) is -0.505. The van der Waals surface area contributed by atoms with Crippen molar-refractivity contribution in [3.8, 4) is 5.75 Å². The lowest BCUT2D eigenvalue weighted by molar-refractivity contribution is -0.134. The predicted octanol–water partition coefficient (Wildman–Crippen LogP) is 2.59. The van der Waals surface area contributed by atoms with Gasteiger partial charge in [-0.05, 0) is 62.1 Å². The highest BCUT2D eigenvalue weighted by Crippen LogP contribution is 2.32. The monoisotopic (exact) mass is 454 g/mol. The standard InChI is InChI=1S/C22H31FN2O5S/c1-22(2,10-3-11-24-18-8-9-20(26)25-21(18)27)14-31(28,29)16-6-7-17(23)19(12-16)30-13-15-4-5-15/h6-7,12,15,18,24H,3-5,8-11,13-14H2,1-2H3,(H,25,26,27). The fourth-order valence-electron chi connectivity index (χ4n) is 3.68. The normalized spacial score (nSPS) is 19.9. The van der Waals surface area contributed by atoms with Crippen LogP contribution in [0.2, 0.25) is 0 Å². The molecule has 1 saturated carbocycles. The zero-order chi connectivity index (χ0) is 22.6. The van der Waals surface area contributed by atoms with Gasteiger partial charge in [-0.25, -0.2) is 12.8 Å². The molecule has 31 heavy (non-hydrogen) atoms. The molecule has 1 aliphatic carbocycles. The molecule has 0 radical (unpaired) electrons. The van der Waals surface area contributed by atoms with Gasteiger partial charge in [0.25, 0.3) is 0 Å². The molecule has 1 heterocycles. The zero-order valence-corrected chi connectivity index (χ0v) is 18.9. The molecule has 0 aromatic heterocycles. The Morgan fingerprint density at radius 1 is 1.23 bits per heavy atom. The van der Waals surface area contributed by atoms with Crippen LogP contribution in [-0.4, -0.2) is 45.2 Å². The van der Waals surface area contributed by atoms with Gasteiger partial charge in [-0.15, -0.1) is 0 Å². The Morgan fingerprint density at radius 2 is 1.97 bits per heavy atom. The average Bonchev–Trinajstić information content (AvgIpc) is 3.49. The smallest absolute Gasteiger partial charge is 0.243 e. The maximum atomic E-state index is 14.0. The van der Waals surface area contributed by atoms with Gasteiger partial charge < -0.3 is 10.1 Å². The summed E-state index contributed by atoms with van der Waals surface area (Å²) in [5, 5.41) is 5.44. The van der Waals surface area contributed by atoms with Crippen molar-refractivity contribution in [3.63, 3.8) is 0 Å². The van der Waals surface area contributed by atoms with Crippen molar-refractivity contribution < 1.29 is 27.1 Å². The summed E-state index contributed by atoms with van der Waals surface area (Å²) < 4.78 is 45.4. The molecule has 1 aliphatic heterocycles. The fourth-order valence-corrected chi connectivity index (χ4v) is 5.58. The summed E-state index contributed by atoms with van der Waals surface area (Å²) in [5.74, 6) is -0.776. The minimum Gasteiger partial charge on any atom is -0.490 e. The number of hydrogen-bond acceptors (Lipinski definition) is 6. The lowest BCUT2D eigenvalue weighted by Gasteiger charge is -2.26. The van der Waals surface area contributed by atoms with E-state index >= 15 is 0 Å². The van der Waals surface area contributed by atoms with Crippen molar-refractivity contribution in [2.45, 2.75) is 63.3 Å². The minimum atomic E-state index is -3.62. The third-order valence-electron chi connectivity index (χ3n) is 5.67. The van der Waals surface area contributed by atoms with Crippen LogP contribution in [0.15, 0.2) is 23.1 Å². The van der Waals surface area contributed by atoms with Crippen LogP contribution in [0.25, 0.3) is 0 Å². The Hall–Kier alpha value is -2.00. The molecular weight excluding hydrogens is 423 g/mol. The highest BCUT2D eigenvalue weighted by atomic mass is 32.2. The summed E-state index contributed by atoms with van der Waals surface area (Å²) in [7, 11) is -3.62. The molecule has 2 fully saturated rings. The van der Waals surface area contributed by atoms with Gasteiger partial charge >= 0.3 is 0 Å². The van der Waals surface area contributed by atoms with Gasteiger partial charge in [0.1, 0.15) is 0 Å². The van der Waals surface area contributed by atoms with Gasteiger partial charge in [0, 0.05) is 12.5 Å². The van der Waals surface area contributed by atoms with E-state index in [2.05, 4.69) is 10.6 Å². The number of sulfone groups is 1. The molecular formula is C22H31FN2O5S. The molecule has 1 aromatic rings. The molecule has 1 saturated heterocycles. The maximum absolute atomic E-state index is 14.0. The van der Waals surface area contributed by atoms with E-state index < -0.39 is 27.1 Å². The summed E-state index contributed by atoms with van der Waals surface area (Å²) in [6.07, 6.45) is 4.21. The van der Waals surface area contributed by atoms with E-state index in [4.69, 9.17) is 4.74 Å². The second-order valence-electron chi connectivity index (χ2n) is 9.33. The van der Waals surface area contributed by atoms with Crippen LogP contribution in [-0.2, 0) is 19.4 Å². The van der Waals surface area contributed by atoms with Crippen LogP contribution in [0.4, 0.5) is 4.39 Å². The average molecular weight is 455 g/mol. The summed E-state index contributed by atoms with van der Waals surface area (Å²) in [6.45, 7) is 4.71. The Bertz CT molecular complexity index is 928. The maximum Gasteiger partial charge on any atom is 0.243 e. The number of piperidine rings is 1. The van der Waals surface area contributed by atoms with E-state index in [1.54, 1.807) is 0 Å². The van der Waals surface area contributed by atoms with Crippen molar-refractivity contribution in [2.75, 3.05) is 18.9 Å². The number of hydrogen-bond donors (Lipinski definition) is 2. The van der Waals surface area contributed by atoms with E-state index in [9.17, 15) is 22.4 Å². The van der Waals surface area contributed by atoms with Gasteiger partial charge in [0.2, 0.25) is 11.8 Å². The first-order valence-corrected chi connectivity index (χ1v) is 12.4. The van der Waals surface area contributed by atoms with Crippen molar-refractivity contribution >= 4 is 21.7 Å². The van der Waals surface area contributed by atoms with Crippen molar-refractivity contribution in [2.24, 2.45) is 11.3 Å². The SMILES string of the molecule is CC(C)(CCCNC1CCC(=O)NC1=O)CS(=O)(=O)c1ccc(F)c(OCC2CC2)c1. The number of benzene rings is 1. The molecule has 2 aliphatic rings. The van der Waals surface area contributed by atoms with E-state index in [1.165, 1.54) is 12.1 Å². The Labute approximate surface area is 183 Å². The third kappa shape index (κ3) is 7.00. The Balaban J connectivity index is 1.51. The highest BCUT2D eigenvalue weighted by molar-refractivity contribution is 7.91. The molecule has 2 N–H and O–H groups in total. The van der Waals surface area contributed by atoms with Crippen LogP contribution in [0.1, 0.15) is 52.4 Å². The second-order valence-corrected chi connectivity index (χ2v) is 11.3. The first kappa shape index (κ1) is 23.7. The van der Waals surface area contributed by atoms with Gasteiger partial charge in [0.15, 0.2) is 21.4 Å². The molecule has 0 spiro atoms. The molecule has 2 amide bonds. The predicted molar refractivity (Wildman–Crippen MR) is 114 cm³/mol. The van der Waals surface area contributed by atoms with Crippen LogP contribution in [0.3, 0.4) is 0 Å². The zero-order valence-electron chi connectivity index (χ0n) is 18.1. The number of rotatable bonds is 11. The summed E-state index contributed by atoms with van der Waals surface area (Å²) >= 11 is 0. The molecule has 172 valence electrons. The van der Waals surface area contributed by atoms with Gasteiger partial charge in [-0.1, -0.05) is 13.8 Å². The lowest BCUT2D eigenvalue weighted by Crippen LogP contribution is -2.50. The van der Waals surface area contributed by atoms with Crippen LogP contribution < -0.4 is 15.4 Å². The van der Waals surface area contributed by atoms with Crippen molar-refractivity contribution in [3.05, 3.63) is 24.0 Å². The largest absolute Gasteiger partial charge is 0.490 e. The van der Waals surface area contributed by atoms with Crippen molar-refractivity contribution in [1.29, 1.82) is 0 Å². The number of halogens is 1. The summed E-state index contributed by atoms with van der Waals surface area (Å²) in [4.78, 5) is 23.0. The first-order valence-electron chi connectivity index (χ1n) is 10.8. The number of carbonyl (C=O) groups is 2. The van der Waals surface area contributed by atoms with Crippen LogP contribution in [0.5, 0.6) is 5.75 Å². The first-order chi connectivity index (χ1) is 14.6. The number of ether oxygens (including phenoxy) is 1. The van der Waals surface area contributed by atoms with Crippen molar-refractivity contribution in [1.82, 2.24) is 10.6 Å². The second kappa shape index (κ2) is 9.65. The Morgan fingerprint density at radius 3 is 2.65 bits per heavy atom. The quantitative estimate of drug-likeness (QED) is 0.303. The number of carbonyl (C=O) groups excluding carboxylic acids is 2. The molecule has 3 rings (SSSR count). The molecule has 1 atom stereocenters. The van der Waals surface area contributed by atoms with Crippen LogP contribution in [0, 0.1) is 17.2 Å². The van der Waals surface area contributed by atoms with E-state index in [1.807, 2.05) is 13.8 Å². The van der Waals surface area contributed by atoms with Gasteiger partial charge in [-0.2, -0.15) is 0 Å². The van der Waals surface area contributed by atoms with E-state index in [0.29, 0.717) is 44.8 Å². The number of amides is 2. The van der Waals surface area contributed by atoms with E-state index in [-0.39, 0.29) is 28.2 Å². The van der Waals surface area contributed by atoms with Crippen LogP contribution >= 0.6 is 0 Å². The topological polar surface area (TPSA) is 102 Å². The van der Waals surface area contributed by atoms with Gasteiger partial charge in [0.05, 0.1) is 23.3 Å². The number of nitrogens with one attached hydrogen (secondary N) is 2. The minimum absolute atomic E-state index is 0.0146. The summed E-state index contributed by atoms with van der Waals surface area (Å²) in [6, 6.07) is 3.33. The number of imide groups is 1. The third-order valence-corrected chi connectivity index (χ3v) is 7.81. The lowest BCUT2D eigenvalue weighted by atomic mass is 9.90. The molecule has 1 aromatic carbocycles. The highest BCUT2D eigenvalue weighted by Gasteiger charge is 2.30. The Kier molecular flexibility index (Phi) is 7.36. The molecule has 1 unspecified atom stereocenters. The van der Waals surface area contributed by atoms with Gasteiger partial charge in [-0.3, -0.25) is 14.9 Å². The molecule has 0 bridgehead atoms. The van der Waals surface area contributed by atoms with E-state index in [0.717, 1.165) is 18.9 Å². The fraction of sp³-hybridized carbons (Fsp3) is 0.636. The molecule has 7 nitrogen and oxygen atoms in total.